The average Bonchev–Trinajstić information content (AvgIpc) is 0.848. The van der Waals surface area contributed by atoms with Crippen molar-refractivity contribution in [3.63, 3.8) is 0 Å². The molecule has 3 heterocycles. The summed E-state index contributed by atoms with van der Waals surface area (Å²) in [6.45, 7) is 6.04. The zero-order chi connectivity index (χ0) is 99.3. The lowest BCUT2D eigenvalue weighted by Crippen LogP contribution is -2.29. The molecule has 142 heavy (non-hydrogen) atoms. The van der Waals surface area contributed by atoms with Gasteiger partial charge in [-0.05, 0) is 204 Å². The van der Waals surface area contributed by atoms with Crippen molar-refractivity contribution in [3.8, 4) is 17.2 Å². The van der Waals surface area contributed by atoms with Gasteiger partial charge in [-0.3, -0.25) is 24.0 Å². The summed E-state index contributed by atoms with van der Waals surface area (Å²) in [5, 5.41) is 74.2. The number of rotatable bonds is 46. The van der Waals surface area contributed by atoms with E-state index >= 15 is 0 Å². The van der Waals surface area contributed by atoms with E-state index in [0.717, 1.165) is 41.9 Å². The summed E-state index contributed by atoms with van der Waals surface area (Å²) in [6.07, 6.45) is -4.65. The normalized spacial score (nSPS) is 10.8. The smallest absolute Gasteiger partial charge is 0.417 e. The number of phenolic OH excluding ortho intramolecular Hbond substituents is 3. The number of carbonyl (C=O) groups is 5. The van der Waals surface area contributed by atoms with Gasteiger partial charge in [-0.25, -0.2) is 4.39 Å². The predicted octanol–water partition coefficient (Wildman–Crippen LogP) is 16.1. The molecule has 728 valence electrons. The Morgan fingerprint density at radius 1 is 0.254 bits per heavy atom. The van der Waals surface area contributed by atoms with Gasteiger partial charge in [0, 0.05) is 122 Å². The highest BCUT2D eigenvalue weighted by atomic mass is 19.4. The van der Waals surface area contributed by atoms with E-state index in [2.05, 4.69) is 137 Å². The molecule has 0 aliphatic heterocycles. The van der Waals surface area contributed by atoms with Crippen LogP contribution in [0.2, 0.25) is 0 Å². The van der Waals surface area contributed by atoms with Crippen molar-refractivity contribution in [3.05, 3.63) is 377 Å². The molecule has 0 aliphatic carbocycles. The summed E-state index contributed by atoms with van der Waals surface area (Å²) in [7, 11) is 0. The summed E-state index contributed by atoms with van der Waals surface area (Å²) < 4.78 is 69.6. The molecule has 0 saturated carbocycles. The highest BCUT2D eigenvalue weighted by Crippen LogP contribution is 2.33. The Morgan fingerprint density at radius 2 is 0.493 bits per heavy atom. The van der Waals surface area contributed by atoms with Crippen molar-refractivity contribution in [2.24, 2.45) is 0 Å². The van der Waals surface area contributed by atoms with Gasteiger partial charge in [0.25, 0.3) is 29.5 Å². The van der Waals surface area contributed by atoms with E-state index in [0.29, 0.717) is 127 Å². The first-order chi connectivity index (χ1) is 69.1. The van der Waals surface area contributed by atoms with Crippen LogP contribution in [0, 0.1) is 5.82 Å². The lowest BCUT2D eigenvalue weighted by Gasteiger charge is -2.13. The van der Waals surface area contributed by atoms with E-state index in [1.807, 2.05) is 109 Å². The molecule has 0 radical (unpaired) electrons. The molecule has 0 spiro atoms. The van der Waals surface area contributed by atoms with E-state index in [9.17, 15) is 56.9 Å². The van der Waals surface area contributed by atoms with Crippen molar-refractivity contribution in [1.82, 2.24) is 76.8 Å². The number of hydrogen-bond donors (Lipinski definition) is 18. The van der Waals surface area contributed by atoms with Gasteiger partial charge in [-0.15, -0.1) is 0 Å². The molecule has 0 saturated heterocycles. The summed E-state index contributed by atoms with van der Waals surface area (Å²) >= 11 is 0. The molecular formula is C103H102F4N24O11. The number of ether oxygens (including phenoxy) is 3. The van der Waals surface area contributed by atoms with Crippen molar-refractivity contribution in [2.75, 3.05) is 127 Å². The Balaban J connectivity index is 0.000000179. The second-order valence-electron chi connectivity index (χ2n) is 30.9. The van der Waals surface area contributed by atoms with Crippen molar-refractivity contribution in [1.29, 1.82) is 0 Å². The Hall–Kier alpha value is -17.8. The first kappa shape index (κ1) is 102. The van der Waals surface area contributed by atoms with E-state index in [-0.39, 0.29) is 116 Å². The number of aromatic hydroxyl groups is 3. The lowest BCUT2D eigenvalue weighted by atomic mass is 10.1. The molecule has 0 aliphatic rings. The van der Waals surface area contributed by atoms with Gasteiger partial charge in [-0.1, -0.05) is 133 Å². The Kier molecular flexibility index (Phi) is 38.4. The van der Waals surface area contributed by atoms with Gasteiger partial charge in [0.15, 0.2) is 0 Å². The number of nitrogens with one attached hydrogen (secondary N) is 15. The van der Waals surface area contributed by atoms with Gasteiger partial charge in [0.1, 0.15) is 23.1 Å². The maximum atomic E-state index is 13.2. The number of carbonyl (C=O) groups excluding carboxylic acids is 5. The van der Waals surface area contributed by atoms with Gasteiger partial charge >= 0.3 is 6.18 Å². The summed E-state index contributed by atoms with van der Waals surface area (Å²) in [5.74, 6) is 0.560. The third kappa shape index (κ3) is 34.8. The number of amides is 5. The summed E-state index contributed by atoms with van der Waals surface area (Å²) in [6, 6.07) is 89.2. The zero-order valence-electron chi connectivity index (χ0n) is 76.5. The van der Waals surface area contributed by atoms with E-state index in [1.54, 1.807) is 133 Å². The second-order valence-corrected chi connectivity index (χ2v) is 30.9. The number of hydrogen-bond acceptors (Lipinski definition) is 30. The van der Waals surface area contributed by atoms with Crippen LogP contribution in [0.4, 0.5) is 105 Å². The average molecular weight is 1930 g/mol. The number of aromatic nitrogens is 9. The minimum atomic E-state index is -4.65. The molecule has 3 aromatic heterocycles. The third-order valence-corrected chi connectivity index (χ3v) is 20.2. The van der Waals surface area contributed by atoms with Gasteiger partial charge < -0.3 is 109 Å². The lowest BCUT2D eigenvalue weighted by molar-refractivity contribution is -0.138. The summed E-state index contributed by atoms with van der Waals surface area (Å²) in [4.78, 5) is 102. The fourth-order valence-electron chi connectivity index (χ4n) is 13.0. The SMILES string of the molecule is O=C(NCCOCCNc1nc(Nc2ccc(O)cc2)nc(Nc2ccc(C(=O)NCc3ccccc3)cc2)n1)c1ccc(F)cc1.O=C(NCc1ccccc1)c1ccc(Nc2nc(NCCOCCNC(=O)c3ccccc3C(F)(F)F)nc(Nc3ccc(O)cc3)n2)cc1.O=C(NCc1ccccc1)c1ccc(Nc2nc(NCCOCCNCc3ccccc3)nc(Nc3ccc(O)cc3)n2)cc1. The number of halogens is 4. The minimum Gasteiger partial charge on any atom is -0.508 e. The molecule has 0 fully saturated rings. The Bertz CT molecular complexity index is 6500. The molecular weight excluding hydrogens is 1830 g/mol. The highest BCUT2D eigenvalue weighted by molar-refractivity contribution is 5.97. The zero-order valence-corrected chi connectivity index (χ0v) is 76.5. The van der Waals surface area contributed by atoms with Crippen molar-refractivity contribution in [2.45, 2.75) is 32.4 Å². The van der Waals surface area contributed by atoms with Crippen LogP contribution in [-0.4, -0.2) is 169 Å². The summed E-state index contributed by atoms with van der Waals surface area (Å²) in [5.41, 5.74) is 8.62. The molecule has 0 unspecified atom stereocenters. The molecule has 0 atom stereocenters. The van der Waals surface area contributed by atoms with Gasteiger partial charge in [0.05, 0.1) is 50.8 Å². The first-order valence-electron chi connectivity index (χ1n) is 44.9. The Morgan fingerprint density at radius 3 is 0.796 bits per heavy atom. The third-order valence-electron chi connectivity index (χ3n) is 20.2. The Labute approximate surface area is 814 Å². The minimum absolute atomic E-state index is 0.000968. The van der Waals surface area contributed by atoms with Gasteiger partial charge in [-0.2, -0.15) is 58.0 Å². The quantitative estimate of drug-likeness (QED) is 0.00957. The van der Waals surface area contributed by atoms with Crippen molar-refractivity contribution < 1.29 is 71.1 Å². The highest BCUT2D eigenvalue weighted by Gasteiger charge is 2.35. The standard InChI is InChI=1S/C35H33F3N8O4.C34H33FN8O4.C34H36N8O3/c36-35(37,38)29-9-5-4-8-28(29)31(49)39-18-20-50-21-19-40-32-44-33(46-34(45-32)43-26-14-16-27(47)17-15-26)42-25-12-10-24(11-13-25)30(48)41-22-23-6-2-1-3-7-23;35-26-10-6-24(7-11-26)30(45)36-18-20-47-21-19-37-32-41-33(43-34(42-32)40-28-14-16-29(44)17-15-28)39-27-12-8-25(9-13-27)31(46)38-22-23-4-2-1-3-5-23;43-30-17-15-29(16-18-30)39-34-41-32(36-20-22-45-21-19-35-23-25-7-3-1-4-8-25)40-33(42-34)38-28-13-11-27(12-14-28)31(44)37-24-26-9-5-2-6-10-26/h1-17,47H,18-22H2,(H,39,49)(H,41,48)(H3,40,42,43,44,45,46);1-17,44H,18-22H2,(H,36,45)(H,38,46)(H3,37,39,40,41,42,43);1-18,35,43H,19-24H2,(H,37,44)(H3,36,38,39,40,41,42). The van der Waals surface area contributed by atoms with Crippen LogP contribution in [0.3, 0.4) is 0 Å². The maximum absolute atomic E-state index is 13.2. The topological polar surface area (TPSA) is 470 Å². The van der Waals surface area contributed by atoms with Crippen LogP contribution < -0.4 is 79.8 Å². The van der Waals surface area contributed by atoms with Crippen LogP contribution in [0.15, 0.2) is 315 Å². The first-order valence-corrected chi connectivity index (χ1v) is 44.9. The van der Waals surface area contributed by atoms with Crippen LogP contribution in [0.5, 0.6) is 17.2 Å². The molecule has 12 aromatic carbocycles. The number of phenols is 3. The second kappa shape index (κ2) is 53.6. The number of nitrogens with zero attached hydrogens (tertiary/aromatic N) is 9. The molecule has 15 rings (SSSR count). The molecule has 18 N–H and O–H groups in total. The van der Waals surface area contributed by atoms with Crippen LogP contribution in [0.25, 0.3) is 0 Å². The fraction of sp³-hybridized carbons (Fsp3) is 0.165. The van der Waals surface area contributed by atoms with Crippen LogP contribution in [-0.2, 0) is 46.6 Å². The van der Waals surface area contributed by atoms with E-state index < -0.39 is 29.0 Å². The van der Waals surface area contributed by atoms with E-state index in [1.165, 1.54) is 54.1 Å². The van der Waals surface area contributed by atoms with Crippen molar-refractivity contribution >= 4 is 117 Å². The molecule has 5 amide bonds. The van der Waals surface area contributed by atoms with E-state index in [4.69, 9.17) is 14.2 Å². The number of alkyl halides is 3. The molecule has 35 nitrogen and oxygen atoms in total. The molecule has 15 aromatic rings. The largest absolute Gasteiger partial charge is 0.508 e. The molecule has 0 bridgehead atoms. The van der Waals surface area contributed by atoms with Crippen LogP contribution in [0.1, 0.15) is 79.6 Å². The number of anilines is 15. The monoisotopic (exact) mass is 1930 g/mol. The maximum Gasteiger partial charge on any atom is 0.417 e. The fourth-order valence-corrected chi connectivity index (χ4v) is 13.0. The molecule has 39 heteroatoms. The number of benzene rings is 12. The van der Waals surface area contributed by atoms with Crippen LogP contribution >= 0.6 is 0 Å². The predicted molar refractivity (Wildman–Crippen MR) is 534 cm³/mol. The van der Waals surface area contributed by atoms with Gasteiger partial charge in [0.2, 0.25) is 53.5 Å².